The third-order valence-electron chi connectivity index (χ3n) is 3.56. The molecule has 0 aliphatic heterocycles. The van der Waals surface area contributed by atoms with Gasteiger partial charge in [-0.05, 0) is 36.2 Å². The van der Waals surface area contributed by atoms with E-state index in [1.165, 1.54) is 0 Å². The molecule has 5 nitrogen and oxygen atoms in total. The van der Waals surface area contributed by atoms with Crippen LogP contribution in [0, 0.1) is 0 Å². The summed E-state index contributed by atoms with van der Waals surface area (Å²) in [6.45, 7) is 0.202. The van der Waals surface area contributed by atoms with Crippen LogP contribution in [0.5, 0.6) is 0 Å². The molecule has 0 aliphatic carbocycles. The van der Waals surface area contributed by atoms with E-state index in [1.54, 1.807) is 19.0 Å². The van der Waals surface area contributed by atoms with Crippen LogP contribution in [0.4, 0.5) is 11.4 Å². The van der Waals surface area contributed by atoms with E-state index in [2.05, 4.69) is 10.6 Å². The predicted octanol–water partition coefficient (Wildman–Crippen LogP) is 2.76. The summed E-state index contributed by atoms with van der Waals surface area (Å²) < 4.78 is 0. The van der Waals surface area contributed by atoms with Crippen LogP contribution >= 0.6 is 0 Å². The lowest BCUT2D eigenvalue weighted by atomic mass is 10.1. The molecule has 2 N–H and O–H groups in total. The minimum absolute atomic E-state index is 0.0940. The molecule has 2 rings (SSSR count). The van der Waals surface area contributed by atoms with Gasteiger partial charge in [0.25, 0.3) is 0 Å². The molecule has 0 saturated heterocycles. The molecule has 0 bridgehead atoms. The second-order valence-electron chi connectivity index (χ2n) is 5.76. The van der Waals surface area contributed by atoms with Gasteiger partial charge in [0.1, 0.15) is 0 Å². The van der Waals surface area contributed by atoms with E-state index in [4.69, 9.17) is 0 Å². The molecule has 0 heterocycles. The van der Waals surface area contributed by atoms with Crippen LogP contribution in [-0.4, -0.2) is 37.4 Å². The number of para-hydroxylation sites is 1. The van der Waals surface area contributed by atoms with Crippen LogP contribution < -0.4 is 10.6 Å². The third kappa shape index (κ3) is 5.76. The quantitative estimate of drug-likeness (QED) is 0.823. The number of amides is 2. The van der Waals surface area contributed by atoms with E-state index in [0.29, 0.717) is 12.8 Å². The first-order chi connectivity index (χ1) is 11.5. The molecular weight excluding hydrogens is 302 g/mol. The highest BCUT2D eigenvalue weighted by atomic mass is 16.2. The van der Waals surface area contributed by atoms with E-state index in [1.807, 2.05) is 54.6 Å². The number of hydrogen-bond donors (Lipinski definition) is 2. The van der Waals surface area contributed by atoms with Crippen LogP contribution in [0.2, 0.25) is 0 Å². The zero-order valence-electron chi connectivity index (χ0n) is 14.1. The van der Waals surface area contributed by atoms with Crippen LogP contribution in [0.15, 0.2) is 54.6 Å². The number of nitrogens with one attached hydrogen (secondary N) is 2. The average Bonchev–Trinajstić information content (AvgIpc) is 2.59. The van der Waals surface area contributed by atoms with Gasteiger partial charge in [-0.1, -0.05) is 30.3 Å². The first-order valence-corrected chi connectivity index (χ1v) is 7.92. The minimum atomic E-state index is -0.111. The maximum Gasteiger partial charge on any atom is 0.243 e. The van der Waals surface area contributed by atoms with Crippen molar-refractivity contribution in [2.75, 3.05) is 31.3 Å². The summed E-state index contributed by atoms with van der Waals surface area (Å²) in [5.41, 5.74) is 2.67. The Morgan fingerprint density at radius 3 is 2.38 bits per heavy atom. The van der Waals surface area contributed by atoms with Crippen LogP contribution in [0.1, 0.15) is 12.0 Å². The summed E-state index contributed by atoms with van der Waals surface area (Å²) in [6.07, 6.45) is 1.11. The largest absolute Gasteiger partial charge is 0.376 e. The first kappa shape index (κ1) is 17.5. The van der Waals surface area contributed by atoms with Crippen molar-refractivity contribution in [2.45, 2.75) is 12.8 Å². The average molecular weight is 325 g/mol. The molecule has 2 amide bonds. The normalized spacial score (nSPS) is 10.1. The highest BCUT2D eigenvalue weighted by molar-refractivity contribution is 5.93. The number of carbonyl (C=O) groups excluding carboxylic acids is 2. The Hall–Kier alpha value is -2.82. The highest BCUT2D eigenvalue weighted by Crippen LogP contribution is 2.13. The second-order valence-corrected chi connectivity index (χ2v) is 5.76. The molecule has 2 aromatic rings. The Kier molecular flexibility index (Phi) is 6.37. The number of carbonyl (C=O) groups is 2. The molecular formula is C19H23N3O2. The lowest BCUT2D eigenvalue weighted by molar-refractivity contribution is -0.128. The van der Waals surface area contributed by atoms with Crippen molar-refractivity contribution in [1.82, 2.24) is 4.90 Å². The zero-order valence-corrected chi connectivity index (χ0v) is 14.1. The summed E-state index contributed by atoms with van der Waals surface area (Å²) in [5, 5.41) is 5.94. The van der Waals surface area contributed by atoms with Crippen LogP contribution in [0.25, 0.3) is 0 Å². The molecule has 0 spiro atoms. The van der Waals surface area contributed by atoms with Gasteiger partial charge in [-0.3, -0.25) is 9.59 Å². The van der Waals surface area contributed by atoms with Gasteiger partial charge in [0.2, 0.25) is 11.8 Å². The van der Waals surface area contributed by atoms with E-state index in [0.717, 1.165) is 16.9 Å². The maximum atomic E-state index is 12.0. The number of anilines is 2. The Labute approximate surface area is 142 Å². The van der Waals surface area contributed by atoms with Crippen molar-refractivity contribution in [3.63, 3.8) is 0 Å². The van der Waals surface area contributed by atoms with Crippen LogP contribution in [0.3, 0.4) is 0 Å². The lowest BCUT2D eigenvalue weighted by Gasteiger charge is -2.11. The summed E-state index contributed by atoms with van der Waals surface area (Å²) in [5.74, 6) is -0.0168. The van der Waals surface area contributed by atoms with Crippen molar-refractivity contribution < 1.29 is 9.59 Å². The van der Waals surface area contributed by atoms with Crippen molar-refractivity contribution in [3.8, 4) is 0 Å². The van der Waals surface area contributed by atoms with Crippen LogP contribution in [-0.2, 0) is 16.0 Å². The zero-order chi connectivity index (χ0) is 17.4. The van der Waals surface area contributed by atoms with Crippen molar-refractivity contribution in [3.05, 3.63) is 60.2 Å². The van der Waals surface area contributed by atoms with E-state index >= 15 is 0 Å². The van der Waals surface area contributed by atoms with Gasteiger partial charge in [0.15, 0.2) is 0 Å². The number of nitrogens with zero attached hydrogens (tertiary/aromatic N) is 1. The lowest BCUT2D eigenvalue weighted by Crippen LogP contribution is -2.22. The molecule has 0 saturated carbocycles. The highest BCUT2D eigenvalue weighted by Gasteiger charge is 2.06. The smallest absolute Gasteiger partial charge is 0.243 e. The number of benzene rings is 2. The van der Waals surface area contributed by atoms with Gasteiger partial charge in [-0.25, -0.2) is 0 Å². The molecule has 126 valence electrons. The second kappa shape index (κ2) is 8.72. The predicted molar refractivity (Wildman–Crippen MR) is 97.0 cm³/mol. The Morgan fingerprint density at radius 1 is 0.958 bits per heavy atom. The van der Waals surface area contributed by atoms with E-state index in [9.17, 15) is 9.59 Å². The van der Waals surface area contributed by atoms with Gasteiger partial charge < -0.3 is 15.5 Å². The fourth-order valence-corrected chi connectivity index (χ4v) is 2.22. The number of aryl methyl sites for hydroxylation is 1. The maximum absolute atomic E-state index is 12.0. The van der Waals surface area contributed by atoms with Gasteiger partial charge >= 0.3 is 0 Å². The SMILES string of the molecule is CN(C)C(=O)CCc1cccc(NC(=O)CNc2ccccc2)c1. The molecule has 0 aromatic heterocycles. The summed E-state index contributed by atoms with van der Waals surface area (Å²) in [7, 11) is 3.50. The molecule has 24 heavy (non-hydrogen) atoms. The summed E-state index contributed by atoms with van der Waals surface area (Å²) >= 11 is 0. The Morgan fingerprint density at radius 2 is 1.67 bits per heavy atom. The van der Waals surface area contributed by atoms with Crippen molar-refractivity contribution in [2.24, 2.45) is 0 Å². The molecule has 5 heteroatoms. The van der Waals surface area contributed by atoms with Gasteiger partial charge in [0.05, 0.1) is 6.54 Å². The fraction of sp³-hybridized carbons (Fsp3) is 0.263. The molecule has 2 aromatic carbocycles. The van der Waals surface area contributed by atoms with Crippen molar-refractivity contribution >= 4 is 23.2 Å². The molecule has 0 radical (unpaired) electrons. The number of hydrogen-bond acceptors (Lipinski definition) is 3. The first-order valence-electron chi connectivity index (χ1n) is 7.92. The molecule has 0 fully saturated rings. The van der Waals surface area contributed by atoms with Gasteiger partial charge in [-0.2, -0.15) is 0 Å². The summed E-state index contributed by atoms with van der Waals surface area (Å²) in [6, 6.07) is 17.2. The van der Waals surface area contributed by atoms with Gasteiger partial charge in [0, 0.05) is 31.9 Å². The molecule has 0 aliphatic rings. The van der Waals surface area contributed by atoms with E-state index in [-0.39, 0.29) is 18.4 Å². The third-order valence-corrected chi connectivity index (χ3v) is 3.56. The Bertz CT molecular complexity index is 684. The summed E-state index contributed by atoms with van der Waals surface area (Å²) in [4.78, 5) is 25.2. The monoisotopic (exact) mass is 325 g/mol. The Balaban J connectivity index is 1.84. The topological polar surface area (TPSA) is 61.4 Å². The van der Waals surface area contributed by atoms with Crippen molar-refractivity contribution in [1.29, 1.82) is 0 Å². The minimum Gasteiger partial charge on any atom is -0.376 e. The molecule has 0 atom stereocenters. The number of rotatable bonds is 7. The standard InChI is InChI=1S/C19H23N3O2/c1-22(2)19(24)12-11-15-7-6-10-17(13-15)21-18(23)14-20-16-8-4-3-5-9-16/h3-10,13,20H,11-12,14H2,1-2H3,(H,21,23). The fourth-order valence-electron chi connectivity index (χ4n) is 2.22. The molecule has 0 unspecified atom stereocenters. The van der Waals surface area contributed by atoms with E-state index < -0.39 is 0 Å². The van der Waals surface area contributed by atoms with Gasteiger partial charge in [-0.15, -0.1) is 0 Å².